The number of hydrogen-bond donors (Lipinski definition) is 1. The van der Waals surface area contributed by atoms with Crippen LogP contribution in [-0.2, 0) is 6.54 Å². The molecule has 2 heterocycles. The first kappa shape index (κ1) is 15.4. The number of carbonyl (C=O) groups is 1. The van der Waals surface area contributed by atoms with Gasteiger partial charge in [0.15, 0.2) is 0 Å². The van der Waals surface area contributed by atoms with Crippen LogP contribution in [0.5, 0.6) is 11.6 Å². The number of hydrogen-bond acceptors (Lipinski definition) is 4. The summed E-state index contributed by atoms with van der Waals surface area (Å²) in [4.78, 5) is 15.7. The summed E-state index contributed by atoms with van der Waals surface area (Å²) in [7, 11) is 0. The first-order chi connectivity index (χ1) is 12.2. The molecule has 2 aromatic heterocycles. The third kappa shape index (κ3) is 3.52. The number of aromatic carboxylic acids is 1. The van der Waals surface area contributed by atoms with Crippen molar-refractivity contribution in [3.8, 4) is 11.6 Å². The van der Waals surface area contributed by atoms with Crippen LogP contribution in [0.25, 0.3) is 0 Å². The number of benzene rings is 1. The molecule has 0 aliphatic heterocycles. The van der Waals surface area contributed by atoms with Crippen LogP contribution in [0.1, 0.15) is 40.4 Å². The highest BCUT2D eigenvalue weighted by molar-refractivity contribution is 5.89. The Morgan fingerprint density at radius 1 is 1.20 bits per heavy atom. The van der Waals surface area contributed by atoms with Gasteiger partial charge in [-0.15, -0.1) is 0 Å². The highest BCUT2D eigenvalue weighted by atomic mass is 16.5. The number of pyridine rings is 1. The molecule has 6 heteroatoms. The zero-order valence-electron chi connectivity index (χ0n) is 13.5. The molecule has 3 aromatic rings. The average molecular weight is 335 g/mol. The number of para-hydroxylation sites is 1. The summed E-state index contributed by atoms with van der Waals surface area (Å²) in [5, 5.41) is 13.8. The minimum atomic E-state index is -0.919. The lowest BCUT2D eigenvalue weighted by atomic mass is 10.2. The van der Waals surface area contributed by atoms with Crippen LogP contribution in [0.4, 0.5) is 0 Å². The van der Waals surface area contributed by atoms with Crippen LogP contribution in [0.15, 0.2) is 54.9 Å². The fourth-order valence-electron chi connectivity index (χ4n) is 2.70. The molecule has 1 saturated carbocycles. The molecule has 126 valence electrons. The molecule has 1 fully saturated rings. The van der Waals surface area contributed by atoms with Crippen LogP contribution in [0, 0.1) is 0 Å². The predicted octanol–water partition coefficient (Wildman–Crippen LogP) is 3.69. The largest absolute Gasteiger partial charge is 0.478 e. The molecule has 1 aliphatic carbocycles. The van der Waals surface area contributed by atoms with Gasteiger partial charge in [-0.25, -0.2) is 9.78 Å². The van der Waals surface area contributed by atoms with Gasteiger partial charge in [-0.05, 0) is 30.5 Å². The molecule has 0 spiro atoms. The van der Waals surface area contributed by atoms with Crippen LogP contribution in [-0.4, -0.2) is 25.8 Å². The molecule has 0 radical (unpaired) electrons. The molecule has 0 atom stereocenters. The predicted molar refractivity (Wildman–Crippen MR) is 91.0 cm³/mol. The van der Waals surface area contributed by atoms with E-state index in [9.17, 15) is 9.90 Å². The van der Waals surface area contributed by atoms with Gasteiger partial charge in [0.05, 0.1) is 12.2 Å². The molecular formula is C19H17N3O3. The Labute approximate surface area is 144 Å². The Balaban J connectivity index is 1.48. The molecule has 0 bridgehead atoms. The van der Waals surface area contributed by atoms with Crippen molar-refractivity contribution in [1.29, 1.82) is 0 Å². The average Bonchev–Trinajstić information content (AvgIpc) is 3.38. The second kappa shape index (κ2) is 6.39. The summed E-state index contributed by atoms with van der Waals surface area (Å²) in [5.41, 5.74) is 1.94. The standard InChI is InChI=1S/C19H17N3O3/c23-19(24)16-12-22(21-18(16)14-7-8-14)11-13-6-9-17(20-10-13)25-15-4-2-1-3-5-15/h1-6,9-10,12,14H,7-8,11H2,(H,23,24). The molecular weight excluding hydrogens is 318 g/mol. The number of nitrogens with zero attached hydrogens (tertiary/aromatic N) is 3. The normalized spacial score (nSPS) is 13.6. The fourth-order valence-corrected chi connectivity index (χ4v) is 2.70. The summed E-state index contributed by atoms with van der Waals surface area (Å²) in [6.07, 6.45) is 5.36. The van der Waals surface area contributed by atoms with E-state index in [1.807, 2.05) is 36.4 Å². The Hall–Kier alpha value is -3.15. The molecule has 1 aliphatic rings. The van der Waals surface area contributed by atoms with Gasteiger partial charge in [0, 0.05) is 24.4 Å². The molecule has 4 rings (SSSR count). The van der Waals surface area contributed by atoms with E-state index in [0.29, 0.717) is 29.6 Å². The van der Waals surface area contributed by atoms with Gasteiger partial charge in [0.2, 0.25) is 5.88 Å². The number of aromatic nitrogens is 3. The number of carboxylic acid groups (broad SMARTS) is 1. The van der Waals surface area contributed by atoms with Gasteiger partial charge in [-0.3, -0.25) is 4.68 Å². The van der Waals surface area contributed by atoms with E-state index < -0.39 is 5.97 Å². The summed E-state index contributed by atoms with van der Waals surface area (Å²) in [5.74, 6) is 0.625. The van der Waals surface area contributed by atoms with E-state index in [1.54, 1.807) is 23.1 Å². The van der Waals surface area contributed by atoms with E-state index >= 15 is 0 Å². The van der Waals surface area contributed by atoms with Crippen molar-refractivity contribution in [1.82, 2.24) is 14.8 Å². The number of carboxylic acids is 1. The van der Waals surface area contributed by atoms with E-state index in [0.717, 1.165) is 24.2 Å². The van der Waals surface area contributed by atoms with Gasteiger partial charge in [-0.1, -0.05) is 24.3 Å². The first-order valence-electron chi connectivity index (χ1n) is 8.17. The van der Waals surface area contributed by atoms with E-state index in [4.69, 9.17) is 4.74 Å². The fraction of sp³-hybridized carbons (Fsp3) is 0.211. The summed E-state index contributed by atoms with van der Waals surface area (Å²) in [6, 6.07) is 13.2. The third-order valence-electron chi connectivity index (χ3n) is 4.09. The number of rotatable bonds is 6. The van der Waals surface area contributed by atoms with Crippen molar-refractivity contribution in [3.05, 3.63) is 71.7 Å². The van der Waals surface area contributed by atoms with E-state index in [1.165, 1.54) is 0 Å². The maximum absolute atomic E-state index is 11.4. The minimum absolute atomic E-state index is 0.298. The molecule has 1 N–H and O–H groups in total. The van der Waals surface area contributed by atoms with Crippen molar-refractivity contribution >= 4 is 5.97 Å². The lowest BCUT2D eigenvalue weighted by Crippen LogP contribution is -2.01. The maximum atomic E-state index is 11.4. The van der Waals surface area contributed by atoms with Crippen molar-refractivity contribution in [2.75, 3.05) is 0 Å². The third-order valence-corrected chi connectivity index (χ3v) is 4.09. The summed E-state index contributed by atoms with van der Waals surface area (Å²) >= 11 is 0. The van der Waals surface area contributed by atoms with Crippen molar-refractivity contribution in [3.63, 3.8) is 0 Å². The summed E-state index contributed by atoms with van der Waals surface area (Å²) < 4.78 is 7.34. The molecule has 25 heavy (non-hydrogen) atoms. The monoisotopic (exact) mass is 335 g/mol. The van der Waals surface area contributed by atoms with Crippen molar-refractivity contribution in [2.45, 2.75) is 25.3 Å². The van der Waals surface area contributed by atoms with Gasteiger partial charge in [0.25, 0.3) is 0 Å². The lowest BCUT2D eigenvalue weighted by Gasteiger charge is -2.06. The quantitative estimate of drug-likeness (QED) is 0.743. The SMILES string of the molecule is O=C(O)c1cn(Cc2ccc(Oc3ccccc3)nc2)nc1C1CC1. The van der Waals surface area contributed by atoms with Crippen LogP contribution >= 0.6 is 0 Å². The highest BCUT2D eigenvalue weighted by Gasteiger charge is 2.31. The Kier molecular flexibility index (Phi) is 3.93. The Morgan fingerprint density at radius 2 is 2.00 bits per heavy atom. The smallest absolute Gasteiger partial charge is 0.339 e. The Bertz CT molecular complexity index is 884. The molecule has 0 unspecified atom stereocenters. The first-order valence-corrected chi connectivity index (χ1v) is 8.17. The zero-order valence-corrected chi connectivity index (χ0v) is 13.5. The van der Waals surface area contributed by atoms with Crippen LogP contribution < -0.4 is 4.74 Å². The zero-order chi connectivity index (χ0) is 17.2. The van der Waals surface area contributed by atoms with Crippen LogP contribution in [0.2, 0.25) is 0 Å². The maximum Gasteiger partial charge on any atom is 0.339 e. The molecule has 6 nitrogen and oxygen atoms in total. The van der Waals surface area contributed by atoms with E-state index in [-0.39, 0.29) is 0 Å². The van der Waals surface area contributed by atoms with Gasteiger partial charge >= 0.3 is 5.97 Å². The highest BCUT2D eigenvalue weighted by Crippen LogP contribution is 2.40. The second-order valence-corrected chi connectivity index (χ2v) is 6.12. The molecule has 1 aromatic carbocycles. The molecule has 0 amide bonds. The topological polar surface area (TPSA) is 77.2 Å². The van der Waals surface area contributed by atoms with Gasteiger partial charge in [-0.2, -0.15) is 5.10 Å². The van der Waals surface area contributed by atoms with Gasteiger partial charge < -0.3 is 9.84 Å². The van der Waals surface area contributed by atoms with Crippen molar-refractivity contribution < 1.29 is 14.6 Å². The summed E-state index contributed by atoms with van der Waals surface area (Å²) in [6.45, 7) is 0.478. The van der Waals surface area contributed by atoms with Crippen LogP contribution in [0.3, 0.4) is 0 Å². The second-order valence-electron chi connectivity index (χ2n) is 6.12. The van der Waals surface area contributed by atoms with E-state index in [2.05, 4.69) is 10.1 Å². The van der Waals surface area contributed by atoms with Gasteiger partial charge in [0.1, 0.15) is 11.3 Å². The Morgan fingerprint density at radius 3 is 2.64 bits per heavy atom. The van der Waals surface area contributed by atoms with Crippen molar-refractivity contribution in [2.24, 2.45) is 0 Å². The minimum Gasteiger partial charge on any atom is -0.478 e. The molecule has 0 saturated heterocycles. The number of ether oxygens (including phenoxy) is 1. The lowest BCUT2D eigenvalue weighted by molar-refractivity contribution is 0.0695.